The van der Waals surface area contributed by atoms with Crippen molar-refractivity contribution >= 4 is 17.5 Å². The van der Waals surface area contributed by atoms with E-state index in [-0.39, 0.29) is 55.2 Å². The number of oxime groups is 1. The molecule has 0 amide bonds. The van der Waals surface area contributed by atoms with Gasteiger partial charge in [-0.1, -0.05) is 19.0 Å². The Labute approximate surface area is 191 Å². The molecule has 0 aromatic heterocycles. The first kappa shape index (κ1) is 25.7. The Morgan fingerprint density at radius 2 is 1.85 bits per heavy atom. The number of anilines is 1. The van der Waals surface area contributed by atoms with Gasteiger partial charge in [-0.3, -0.25) is 0 Å². The van der Waals surface area contributed by atoms with E-state index in [1.807, 2.05) is 13.8 Å². The largest absolute Gasteiger partial charge is 0.490 e. The second kappa shape index (κ2) is 12.5. The number of nitrogens with one attached hydrogen (secondary N) is 1. The molecule has 0 aliphatic heterocycles. The molecule has 0 aliphatic carbocycles. The summed E-state index contributed by atoms with van der Waals surface area (Å²) in [5.74, 6) is -1.01. The van der Waals surface area contributed by atoms with Gasteiger partial charge in [-0.15, -0.1) is 0 Å². The van der Waals surface area contributed by atoms with Crippen molar-refractivity contribution in [1.82, 2.24) is 0 Å². The number of aliphatic hydroxyl groups excluding tert-OH is 1. The lowest BCUT2D eigenvalue weighted by molar-refractivity contribution is -0.145. The van der Waals surface area contributed by atoms with E-state index in [0.717, 1.165) is 6.07 Å². The fourth-order valence-corrected chi connectivity index (χ4v) is 2.87. The molecule has 33 heavy (non-hydrogen) atoms. The Morgan fingerprint density at radius 3 is 2.42 bits per heavy atom. The van der Waals surface area contributed by atoms with E-state index in [0.29, 0.717) is 11.3 Å². The molecule has 10 heteroatoms. The van der Waals surface area contributed by atoms with Gasteiger partial charge in [0.25, 0.3) is 0 Å². The molecule has 180 valence electrons. The van der Waals surface area contributed by atoms with Crippen LogP contribution in [-0.4, -0.2) is 48.5 Å². The number of hydrogen-bond acceptors (Lipinski definition) is 8. The quantitative estimate of drug-likeness (QED) is 0.124. The fraction of sp³-hybridized carbons (Fsp3) is 0.391. The monoisotopic (exact) mass is 463 g/mol. The molecule has 0 aliphatic rings. The summed E-state index contributed by atoms with van der Waals surface area (Å²) < 4.78 is 31.4. The van der Waals surface area contributed by atoms with E-state index in [4.69, 9.17) is 30.3 Å². The minimum Gasteiger partial charge on any atom is -0.490 e. The third-order valence-electron chi connectivity index (χ3n) is 4.42. The van der Waals surface area contributed by atoms with Crippen LogP contribution in [0.2, 0.25) is 0 Å². The van der Waals surface area contributed by atoms with Gasteiger partial charge in [-0.25, -0.2) is 9.18 Å². The van der Waals surface area contributed by atoms with Gasteiger partial charge in [-0.2, -0.15) is 0 Å². The Bertz CT molecular complexity index is 950. The summed E-state index contributed by atoms with van der Waals surface area (Å²) >= 11 is 0. The molecule has 1 atom stereocenters. The number of hydrogen-bond donors (Lipinski definition) is 4. The van der Waals surface area contributed by atoms with Crippen molar-refractivity contribution in [2.45, 2.75) is 26.8 Å². The summed E-state index contributed by atoms with van der Waals surface area (Å²) in [5, 5.41) is 23.7. The van der Waals surface area contributed by atoms with Gasteiger partial charge >= 0.3 is 5.97 Å². The summed E-state index contributed by atoms with van der Waals surface area (Å²) in [7, 11) is 0. The van der Waals surface area contributed by atoms with E-state index in [1.54, 1.807) is 31.2 Å². The zero-order valence-electron chi connectivity index (χ0n) is 18.9. The number of carbonyl (C=O) groups is 1. The second-order valence-corrected chi connectivity index (χ2v) is 7.49. The van der Waals surface area contributed by atoms with Gasteiger partial charge in [-0.05, 0) is 43.2 Å². The Morgan fingerprint density at radius 1 is 1.18 bits per heavy atom. The first-order chi connectivity index (χ1) is 15.8. The molecule has 0 spiro atoms. The maximum Gasteiger partial charge on any atom is 0.333 e. The molecule has 1 unspecified atom stereocenters. The number of carbonyl (C=O) groups excluding carboxylic acids is 1. The minimum atomic E-state index is -1.19. The highest BCUT2D eigenvalue weighted by atomic mass is 19.1. The van der Waals surface area contributed by atoms with Crippen molar-refractivity contribution in [1.29, 1.82) is 0 Å². The van der Waals surface area contributed by atoms with Crippen LogP contribution in [0, 0.1) is 11.7 Å². The molecule has 0 fully saturated rings. The summed E-state index contributed by atoms with van der Waals surface area (Å²) in [6.45, 7) is 5.70. The molecule has 0 radical (unpaired) electrons. The number of nitrogens with zero attached hydrogens (tertiary/aromatic N) is 1. The molecule has 2 aromatic carbocycles. The average Bonchev–Trinajstić information content (AvgIpc) is 2.81. The number of esters is 1. The smallest absolute Gasteiger partial charge is 0.333 e. The third-order valence-corrected chi connectivity index (χ3v) is 4.42. The maximum absolute atomic E-state index is 15.1. The van der Waals surface area contributed by atoms with Crippen molar-refractivity contribution in [3.8, 4) is 11.5 Å². The lowest BCUT2D eigenvalue weighted by Crippen LogP contribution is -2.26. The summed E-state index contributed by atoms with van der Waals surface area (Å²) in [6, 6.07) is 7.69. The molecule has 9 nitrogen and oxygen atoms in total. The first-order valence-corrected chi connectivity index (χ1v) is 10.5. The molecule has 2 aromatic rings. The predicted molar refractivity (Wildman–Crippen MR) is 121 cm³/mol. The zero-order valence-corrected chi connectivity index (χ0v) is 18.9. The molecule has 0 bridgehead atoms. The number of halogens is 1. The van der Waals surface area contributed by atoms with E-state index in [1.165, 1.54) is 6.07 Å². The van der Waals surface area contributed by atoms with Crippen molar-refractivity contribution in [2.24, 2.45) is 16.8 Å². The van der Waals surface area contributed by atoms with Gasteiger partial charge in [0.15, 0.2) is 23.4 Å². The molecular weight excluding hydrogens is 433 g/mol. The van der Waals surface area contributed by atoms with Crippen molar-refractivity contribution < 1.29 is 33.7 Å². The van der Waals surface area contributed by atoms with E-state index < -0.39 is 17.8 Å². The van der Waals surface area contributed by atoms with Crippen LogP contribution in [-0.2, 0) is 9.53 Å². The highest BCUT2D eigenvalue weighted by molar-refractivity contribution is 5.97. The third kappa shape index (κ3) is 7.25. The van der Waals surface area contributed by atoms with E-state index in [9.17, 15) is 4.79 Å². The van der Waals surface area contributed by atoms with Gasteiger partial charge in [0.1, 0.15) is 12.4 Å². The van der Waals surface area contributed by atoms with Gasteiger partial charge in [0.05, 0.1) is 19.8 Å². The maximum atomic E-state index is 15.1. The van der Waals surface area contributed by atoms with Crippen LogP contribution in [0.4, 0.5) is 10.1 Å². The molecular formula is C23H30FN3O6. The molecule has 5 N–H and O–H groups in total. The molecule has 0 saturated heterocycles. The minimum absolute atomic E-state index is 0.00376. The number of nitrogens with two attached hydrogens (primary N) is 1. The lowest BCUT2D eigenvalue weighted by atomic mass is 10.0. The average molecular weight is 464 g/mol. The number of benzene rings is 2. The van der Waals surface area contributed by atoms with Crippen LogP contribution in [0.25, 0.3) is 0 Å². The standard InChI is InChI=1S/C23H30FN3O6/c1-4-31-19-11-17(18(24)12-20(19)32-10-9-28)21(23(29)33-13-14(2)3)26-16-7-5-15(6-8-16)22(25)27-30/h5-8,11-12,14,21,26,28,30H,4,9-10,13H2,1-3H3,(H2,25,27). The van der Waals surface area contributed by atoms with Crippen molar-refractivity contribution in [2.75, 3.05) is 31.7 Å². The Kier molecular flexibility index (Phi) is 9.74. The zero-order chi connectivity index (χ0) is 24.4. The lowest BCUT2D eigenvalue weighted by Gasteiger charge is -2.22. The van der Waals surface area contributed by atoms with Crippen LogP contribution < -0.4 is 20.5 Å². The number of aliphatic hydroxyl groups is 1. The Balaban J connectivity index is 2.44. The summed E-state index contributed by atoms with van der Waals surface area (Å²) in [4.78, 5) is 12.9. The highest BCUT2D eigenvalue weighted by Gasteiger charge is 2.28. The number of amidine groups is 1. The Hall–Kier alpha value is -3.53. The van der Waals surface area contributed by atoms with Crippen molar-refractivity contribution in [3.05, 3.63) is 53.3 Å². The summed E-state index contributed by atoms with van der Waals surface area (Å²) in [5.41, 5.74) is 6.53. The second-order valence-electron chi connectivity index (χ2n) is 7.49. The topological polar surface area (TPSA) is 136 Å². The van der Waals surface area contributed by atoms with Crippen LogP contribution in [0.1, 0.15) is 37.9 Å². The SMILES string of the molecule is CCOc1cc(C(Nc2ccc(/C(N)=N/O)cc2)C(=O)OCC(C)C)c(F)cc1OCCO. The van der Waals surface area contributed by atoms with Gasteiger partial charge in [0, 0.05) is 22.9 Å². The fourth-order valence-electron chi connectivity index (χ4n) is 2.87. The normalized spacial score (nSPS) is 12.4. The van der Waals surface area contributed by atoms with Gasteiger partial charge in [0.2, 0.25) is 0 Å². The number of rotatable bonds is 12. The predicted octanol–water partition coefficient (Wildman–Crippen LogP) is 3.04. The number of ether oxygens (including phenoxy) is 3. The van der Waals surface area contributed by atoms with Crippen molar-refractivity contribution in [3.63, 3.8) is 0 Å². The van der Waals surface area contributed by atoms with Crippen LogP contribution in [0.3, 0.4) is 0 Å². The molecule has 0 saturated carbocycles. The highest BCUT2D eigenvalue weighted by Crippen LogP contribution is 2.35. The van der Waals surface area contributed by atoms with E-state index >= 15 is 4.39 Å². The van der Waals surface area contributed by atoms with Crippen LogP contribution in [0.5, 0.6) is 11.5 Å². The van der Waals surface area contributed by atoms with Crippen LogP contribution in [0.15, 0.2) is 41.6 Å². The molecule has 0 heterocycles. The van der Waals surface area contributed by atoms with E-state index in [2.05, 4.69) is 10.5 Å². The first-order valence-electron chi connectivity index (χ1n) is 10.5. The summed E-state index contributed by atoms with van der Waals surface area (Å²) in [6.07, 6.45) is 0. The van der Waals surface area contributed by atoms with Gasteiger partial charge < -0.3 is 35.6 Å². The molecule has 2 rings (SSSR count). The van der Waals surface area contributed by atoms with Crippen LogP contribution >= 0.6 is 0 Å².